The van der Waals surface area contributed by atoms with E-state index in [1.807, 2.05) is 6.07 Å². The lowest BCUT2D eigenvalue weighted by atomic mass is 10.1. The van der Waals surface area contributed by atoms with Gasteiger partial charge in [0.05, 0.1) is 0 Å². The third kappa shape index (κ3) is 5.89. The van der Waals surface area contributed by atoms with Gasteiger partial charge in [0, 0.05) is 6.61 Å². The van der Waals surface area contributed by atoms with E-state index in [1.54, 1.807) is 0 Å². The Hall–Kier alpha value is -0.860. The van der Waals surface area contributed by atoms with E-state index in [2.05, 4.69) is 36.5 Å². The van der Waals surface area contributed by atoms with Crippen LogP contribution in [0.3, 0.4) is 0 Å². The fourth-order valence-electron chi connectivity index (χ4n) is 1.67. The van der Waals surface area contributed by atoms with Gasteiger partial charge in [0.2, 0.25) is 0 Å². The Morgan fingerprint density at radius 1 is 1.19 bits per heavy atom. The van der Waals surface area contributed by atoms with Crippen LogP contribution in [0.1, 0.15) is 25.3 Å². The Balaban J connectivity index is 1.96. The monoisotopic (exact) mass is 221 g/mol. The molecule has 0 heterocycles. The maximum absolute atomic E-state index is 8.87. The molecule has 0 amide bonds. The Morgan fingerprint density at radius 2 is 1.94 bits per heavy atom. The average Bonchev–Trinajstić information content (AvgIpc) is 2.34. The molecule has 0 fully saturated rings. The highest BCUT2D eigenvalue weighted by Crippen LogP contribution is 2.02. The average molecular weight is 221 g/mol. The van der Waals surface area contributed by atoms with E-state index in [1.165, 1.54) is 5.56 Å². The predicted molar refractivity (Wildman–Crippen MR) is 68.5 cm³/mol. The third-order valence-corrected chi connectivity index (χ3v) is 2.80. The van der Waals surface area contributed by atoms with Gasteiger partial charge >= 0.3 is 0 Å². The molecule has 2 nitrogen and oxygen atoms in total. The zero-order chi connectivity index (χ0) is 11.6. The van der Waals surface area contributed by atoms with Crippen LogP contribution in [0.2, 0.25) is 0 Å². The first kappa shape index (κ1) is 13.2. The minimum atomic E-state index is 0.310. The fourth-order valence-corrected chi connectivity index (χ4v) is 1.67. The van der Waals surface area contributed by atoms with Gasteiger partial charge in [-0.25, -0.2) is 0 Å². The molecule has 1 unspecified atom stereocenters. The minimum absolute atomic E-state index is 0.310. The molecule has 2 N–H and O–H groups in total. The minimum Gasteiger partial charge on any atom is -0.396 e. The predicted octanol–water partition coefficient (Wildman–Crippen LogP) is 2.23. The zero-order valence-electron chi connectivity index (χ0n) is 10.2. The first-order chi connectivity index (χ1) is 7.83. The fraction of sp³-hybridized carbons (Fsp3) is 0.571. The Kier molecular flexibility index (Phi) is 6.86. The Morgan fingerprint density at radius 3 is 2.62 bits per heavy atom. The van der Waals surface area contributed by atoms with Gasteiger partial charge in [0.1, 0.15) is 0 Å². The van der Waals surface area contributed by atoms with Crippen molar-refractivity contribution in [1.29, 1.82) is 0 Å². The molecule has 0 spiro atoms. The van der Waals surface area contributed by atoms with Gasteiger partial charge in [-0.05, 0) is 43.8 Å². The van der Waals surface area contributed by atoms with Crippen molar-refractivity contribution in [3.63, 3.8) is 0 Å². The SMILES string of the molecule is CC(CO)CCCNCCc1ccccc1. The van der Waals surface area contributed by atoms with E-state index >= 15 is 0 Å². The second-order valence-corrected chi connectivity index (χ2v) is 4.42. The first-order valence-corrected chi connectivity index (χ1v) is 6.18. The lowest BCUT2D eigenvalue weighted by Gasteiger charge is -2.08. The molecule has 0 radical (unpaired) electrons. The molecular weight excluding hydrogens is 198 g/mol. The summed E-state index contributed by atoms with van der Waals surface area (Å²) in [5.41, 5.74) is 1.39. The lowest BCUT2D eigenvalue weighted by Crippen LogP contribution is -2.19. The molecule has 1 aromatic carbocycles. The van der Waals surface area contributed by atoms with Crippen LogP contribution >= 0.6 is 0 Å². The van der Waals surface area contributed by atoms with Gasteiger partial charge in [-0.3, -0.25) is 0 Å². The van der Waals surface area contributed by atoms with Crippen molar-refractivity contribution in [3.8, 4) is 0 Å². The van der Waals surface area contributed by atoms with Crippen LogP contribution in [0, 0.1) is 5.92 Å². The Bertz CT molecular complexity index is 261. The highest BCUT2D eigenvalue weighted by atomic mass is 16.3. The zero-order valence-corrected chi connectivity index (χ0v) is 10.2. The van der Waals surface area contributed by atoms with Crippen LogP contribution in [0.5, 0.6) is 0 Å². The highest BCUT2D eigenvalue weighted by molar-refractivity contribution is 5.14. The maximum Gasteiger partial charge on any atom is 0.0456 e. The number of benzene rings is 1. The second-order valence-electron chi connectivity index (χ2n) is 4.42. The van der Waals surface area contributed by atoms with Gasteiger partial charge in [-0.2, -0.15) is 0 Å². The lowest BCUT2D eigenvalue weighted by molar-refractivity contribution is 0.228. The van der Waals surface area contributed by atoms with Crippen molar-refractivity contribution in [3.05, 3.63) is 35.9 Å². The van der Waals surface area contributed by atoms with Crippen LogP contribution in [-0.4, -0.2) is 24.8 Å². The number of aliphatic hydroxyl groups is 1. The van der Waals surface area contributed by atoms with E-state index in [0.29, 0.717) is 12.5 Å². The van der Waals surface area contributed by atoms with Crippen LogP contribution in [0.4, 0.5) is 0 Å². The molecule has 0 aliphatic heterocycles. The van der Waals surface area contributed by atoms with Gasteiger partial charge in [0.15, 0.2) is 0 Å². The quantitative estimate of drug-likeness (QED) is 0.660. The van der Waals surface area contributed by atoms with Gasteiger partial charge in [-0.1, -0.05) is 37.3 Å². The van der Waals surface area contributed by atoms with Crippen molar-refractivity contribution < 1.29 is 5.11 Å². The van der Waals surface area contributed by atoms with Gasteiger partial charge < -0.3 is 10.4 Å². The van der Waals surface area contributed by atoms with Crippen molar-refractivity contribution in [2.75, 3.05) is 19.7 Å². The summed E-state index contributed by atoms with van der Waals surface area (Å²) in [6, 6.07) is 10.5. The molecule has 0 aliphatic rings. The van der Waals surface area contributed by atoms with Crippen molar-refractivity contribution in [2.24, 2.45) is 5.92 Å². The van der Waals surface area contributed by atoms with Crippen molar-refractivity contribution >= 4 is 0 Å². The normalized spacial score (nSPS) is 12.6. The second kappa shape index (κ2) is 8.31. The van der Waals surface area contributed by atoms with E-state index < -0.39 is 0 Å². The summed E-state index contributed by atoms with van der Waals surface area (Å²) in [5.74, 6) is 0.441. The summed E-state index contributed by atoms with van der Waals surface area (Å²) in [6.45, 7) is 4.49. The number of hydrogen-bond acceptors (Lipinski definition) is 2. The first-order valence-electron chi connectivity index (χ1n) is 6.18. The summed E-state index contributed by atoms with van der Waals surface area (Å²) in [6.07, 6.45) is 3.35. The van der Waals surface area contributed by atoms with E-state index in [9.17, 15) is 0 Å². The number of nitrogens with one attached hydrogen (secondary N) is 1. The summed E-state index contributed by atoms with van der Waals surface area (Å²) in [5, 5.41) is 12.3. The Labute approximate surface area is 98.7 Å². The molecule has 16 heavy (non-hydrogen) atoms. The molecule has 0 aromatic heterocycles. The smallest absolute Gasteiger partial charge is 0.0456 e. The summed E-state index contributed by atoms with van der Waals surface area (Å²) < 4.78 is 0. The standard InChI is InChI=1S/C14H23NO/c1-13(12-16)6-5-10-15-11-9-14-7-3-2-4-8-14/h2-4,7-8,13,15-16H,5-6,9-12H2,1H3. The molecule has 1 aromatic rings. The van der Waals surface area contributed by atoms with Crippen molar-refractivity contribution in [2.45, 2.75) is 26.2 Å². The molecule has 0 aliphatic carbocycles. The van der Waals surface area contributed by atoms with E-state index in [-0.39, 0.29) is 0 Å². The molecule has 90 valence electrons. The number of rotatable bonds is 8. The summed E-state index contributed by atoms with van der Waals surface area (Å²) in [4.78, 5) is 0. The largest absolute Gasteiger partial charge is 0.396 e. The molecular formula is C14H23NO. The van der Waals surface area contributed by atoms with Crippen LogP contribution in [-0.2, 0) is 6.42 Å². The van der Waals surface area contributed by atoms with E-state index in [4.69, 9.17) is 5.11 Å². The van der Waals surface area contributed by atoms with Crippen molar-refractivity contribution in [1.82, 2.24) is 5.32 Å². The molecule has 1 atom stereocenters. The number of aliphatic hydroxyl groups excluding tert-OH is 1. The molecule has 0 bridgehead atoms. The van der Waals surface area contributed by atoms with Crippen LogP contribution < -0.4 is 5.32 Å². The molecule has 2 heteroatoms. The topological polar surface area (TPSA) is 32.3 Å². The van der Waals surface area contributed by atoms with Crippen LogP contribution in [0.25, 0.3) is 0 Å². The molecule has 1 rings (SSSR count). The van der Waals surface area contributed by atoms with Gasteiger partial charge in [-0.15, -0.1) is 0 Å². The highest BCUT2D eigenvalue weighted by Gasteiger charge is 1.98. The summed E-state index contributed by atoms with van der Waals surface area (Å²) in [7, 11) is 0. The van der Waals surface area contributed by atoms with Crippen LogP contribution in [0.15, 0.2) is 30.3 Å². The molecule has 0 saturated carbocycles. The summed E-state index contributed by atoms with van der Waals surface area (Å²) >= 11 is 0. The maximum atomic E-state index is 8.87. The third-order valence-electron chi connectivity index (χ3n) is 2.80. The number of hydrogen-bond donors (Lipinski definition) is 2. The molecule has 0 saturated heterocycles. The van der Waals surface area contributed by atoms with Gasteiger partial charge in [0.25, 0.3) is 0 Å². The van der Waals surface area contributed by atoms with E-state index in [0.717, 1.165) is 32.4 Å².